The Morgan fingerprint density at radius 2 is 0.833 bits per heavy atom. The van der Waals surface area contributed by atoms with Crippen LogP contribution in [0.15, 0.2) is 0 Å². The number of Topliss-reactive ketones (excluding diaryl/α,β-unsaturated/α-hetero) is 2. The molecule has 0 saturated carbocycles. The molecule has 0 aliphatic carbocycles. The lowest BCUT2D eigenvalue weighted by atomic mass is 10.2. The third kappa shape index (κ3) is 94.7. The SMILES string of the molecule is C.C.C.C.CC.CC(=O)C(C)N(C)C.CNC(C)C(=O)O.CNC(C)C(C)=O.[F-].[F-].[F-].[F-].[F-].[F-].[F-].[F-]. The Labute approximate surface area is 215 Å². The number of rotatable bonds is 6. The molecule has 0 aromatic carbocycles. The van der Waals surface area contributed by atoms with Crippen molar-refractivity contribution in [2.24, 2.45) is 0 Å². The van der Waals surface area contributed by atoms with Gasteiger partial charge in [-0.25, -0.2) is 0 Å². The minimum Gasteiger partial charge on any atom is -1.00 e. The van der Waals surface area contributed by atoms with Crippen molar-refractivity contribution in [3.63, 3.8) is 0 Å². The maximum Gasteiger partial charge on any atom is 0.320 e. The van der Waals surface area contributed by atoms with Crippen LogP contribution in [0.3, 0.4) is 0 Å². The summed E-state index contributed by atoms with van der Waals surface area (Å²) in [5.74, 6) is -0.417. The number of nitrogens with one attached hydrogen (secondary N) is 2. The van der Waals surface area contributed by atoms with E-state index in [1.54, 1.807) is 34.9 Å². The van der Waals surface area contributed by atoms with Crippen LogP contribution in [0.25, 0.3) is 0 Å². The Morgan fingerprint density at radius 1 is 0.611 bits per heavy atom. The van der Waals surface area contributed by atoms with Crippen molar-refractivity contribution in [2.45, 2.75) is 96.3 Å². The largest absolute Gasteiger partial charge is 1.00 e. The van der Waals surface area contributed by atoms with E-state index in [4.69, 9.17) is 5.11 Å². The molecule has 0 aromatic rings. The first-order valence-corrected chi connectivity index (χ1v) is 8.16. The fourth-order valence-corrected chi connectivity index (χ4v) is 0.690. The lowest BCUT2D eigenvalue weighted by Crippen LogP contribution is -3.00. The van der Waals surface area contributed by atoms with Crippen LogP contribution < -0.4 is 48.3 Å². The predicted molar refractivity (Wildman–Crippen MR) is 127 cm³/mol. The number of halogens is 8. The second kappa shape index (κ2) is 76.6. The standard InChI is InChI=1S/C6H13NO.C5H11NO.C4H9NO2.C2H6.4CH4.8FH/c1-5(6(2)8)7(3)4;1-4(6-3)5(2)7;1-3(5-2)4(6)7;1-2;;;;;;;;;;;;/h5H,1-4H3;4,6H,1-3H3;3,5H,1-2H3,(H,6,7);1-2H3;4*1H4;8*1H/p-8. The highest BCUT2D eigenvalue weighted by molar-refractivity contribution is 5.81. The van der Waals surface area contributed by atoms with Crippen molar-refractivity contribution >= 4 is 17.5 Å². The molecule has 36 heavy (non-hydrogen) atoms. The number of nitrogens with zero attached hydrogens (tertiary/aromatic N) is 1. The lowest BCUT2D eigenvalue weighted by Gasteiger charge is -2.15. The number of likely N-dealkylation sites (N-methyl/N-ethyl adjacent to an activating group) is 3. The molecule has 0 heterocycles. The van der Waals surface area contributed by atoms with Crippen molar-refractivity contribution in [3.05, 3.63) is 0 Å². The summed E-state index contributed by atoms with van der Waals surface area (Å²) >= 11 is 0. The van der Waals surface area contributed by atoms with Gasteiger partial charge in [0.1, 0.15) is 17.6 Å². The highest BCUT2D eigenvalue weighted by Gasteiger charge is 2.07. The molecule has 15 heteroatoms. The third-order valence-electron chi connectivity index (χ3n) is 3.21. The summed E-state index contributed by atoms with van der Waals surface area (Å²) in [6.45, 7) is 12.5. The zero-order chi connectivity index (χ0) is 20.5. The third-order valence-corrected chi connectivity index (χ3v) is 3.21. The van der Waals surface area contributed by atoms with Gasteiger partial charge < -0.3 is 53.4 Å². The Bertz CT molecular complexity index is 343. The van der Waals surface area contributed by atoms with Crippen molar-refractivity contribution in [2.75, 3.05) is 28.2 Å². The molecule has 3 unspecified atom stereocenters. The average Bonchev–Trinajstić information content (AvgIpc) is 2.54. The summed E-state index contributed by atoms with van der Waals surface area (Å²) in [4.78, 5) is 32.6. The topological polar surface area (TPSA) is 98.7 Å². The van der Waals surface area contributed by atoms with Crippen LogP contribution in [-0.4, -0.2) is 73.9 Å². The molecular weight excluding hydrogens is 510 g/mol. The molecule has 0 aliphatic rings. The Hall–Kier alpha value is -1.87. The number of hydrogen-bond acceptors (Lipinski definition) is 6. The van der Waals surface area contributed by atoms with Gasteiger partial charge in [-0.05, 0) is 62.8 Å². The molecule has 3 N–H and O–H groups in total. The van der Waals surface area contributed by atoms with Crippen molar-refractivity contribution in [3.8, 4) is 0 Å². The van der Waals surface area contributed by atoms with Gasteiger partial charge in [0.2, 0.25) is 0 Å². The molecule has 0 aliphatic heterocycles. The number of hydrogen-bond donors (Lipinski definition) is 3. The van der Waals surface area contributed by atoms with E-state index in [-0.39, 0.29) is 91.0 Å². The van der Waals surface area contributed by atoms with Crippen molar-refractivity contribution in [1.82, 2.24) is 15.5 Å². The minimum atomic E-state index is -0.817. The first-order valence-electron chi connectivity index (χ1n) is 8.16. The van der Waals surface area contributed by atoms with Crippen LogP contribution in [0.1, 0.15) is 78.2 Å². The summed E-state index contributed by atoms with van der Waals surface area (Å²) in [5.41, 5.74) is 0. The molecular formula is C21H55F8N3O4-8. The molecule has 7 nitrogen and oxygen atoms in total. The zero-order valence-electron chi connectivity index (χ0n) is 20.4. The molecule has 0 spiro atoms. The normalized spacial score (nSPS) is 8.56. The van der Waals surface area contributed by atoms with Crippen LogP contribution in [-0.2, 0) is 14.4 Å². The van der Waals surface area contributed by atoms with Crippen molar-refractivity contribution < 1.29 is 57.1 Å². The molecule has 0 saturated heterocycles. The summed E-state index contributed by atoms with van der Waals surface area (Å²) in [6, 6.07) is -0.352. The second-order valence-corrected chi connectivity index (χ2v) is 5.22. The molecule has 0 rings (SSSR count). The number of carboxylic acid groups (broad SMARTS) is 1. The van der Waals surface area contributed by atoms with Gasteiger partial charge in [0.05, 0.1) is 12.1 Å². The Kier molecular flexibility index (Phi) is 243. The van der Waals surface area contributed by atoms with E-state index >= 15 is 0 Å². The van der Waals surface area contributed by atoms with Crippen LogP contribution in [0.4, 0.5) is 0 Å². The highest BCUT2D eigenvalue weighted by Crippen LogP contribution is 1.90. The van der Waals surface area contributed by atoms with Gasteiger partial charge in [-0.3, -0.25) is 19.3 Å². The van der Waals surface area contributed by atoms with E-state index in [1.165, 1.54) is 0 Å². The number of carboxylic acids is 1. The van der Waals surface area contributed by atoms with Crippen molar-refractivity contribution in [1.29, 1.82) is 0 Å². The minimum absolute atomic E-state index is 0. The van der Waals surface area contributed by atoms with E-state index < -0.39 is 12.0 Å². The van der Waals surface area contributed by atoms with E-state index in [2.05, 4.69) is 10.6 Å². The van der Waals surface area contributed by atoms with Crippen LogP contribution in [0, 0.1) is 0 Å². The van der Waals surface area contributed by atoms with Gasteiger partial charge in [-0.1, -0.05) is 43.6 Å². The number of carbonyl (C=O) groups is 3. The Balaban J connectivity index is -0.00000000990. The molecule has 0 aromatic heterocycles. The van der Waals surface area contributed by atoms with Crippen LogP contribution in [0.2, 0.25) is 0 Å². The summed E-state index contributed by atoms with van der Waals surface area (Å²) in [5, 5.41) is 13.5. The monoisotopic (exact) mass is 565 g/mol. The van der Waals surface area contributed by atoms with E-state index in [9.17, 15) is 14.4 Å². The first-order chi connectivity index (χ1) is 10.9. The van der Waals surface area contributed by atoms with Crippen LogP contribution >= 0.6 is 0 Å². The molecule has 0 amide bonds. The predicted octanol–water partition coefficient (Wildman–Crippen LogP) is -20.0. The lowest BCUT2D eigenvalue weighted by molar-refractivity contribution is -0.138. The number of aliphatic carboxylic acids is 1. The molecule has 3 atom stereocenters. The van der Waals surface area contributed by atoms with E-state index in [1.807, 2.05) is 46.7 Å². The quantitative estimate of drug-likeness (QED) is 0.275. The molecule has 242 valence electrons. The summed E-state index contributed by atoms with van der Waals surface area (Å²) in [7, 11) is 7.17. The Morgan fingerprint density at radius 3 is 0.833 bits per heavy atom. The fraction of sp³-hybridized carbons (Fsp3) is 0.857. The molecule has 0 fully saturated rings. The van der Waals surface area contributed by atoms with Gasteiger partial charge in [0.25, 0.3) is 0 Å². The second-order valence-electron chi connectivity index (χ2n) is 5.22. The van der Waals surface area contributed by atoms with Gasteiger partial charge in [-0.15, -0.1) is 0 Å². The smallest absolute Gasteiger partial charge is 0.320 e. The van der Waals surface area contributed by atoms with Gasteiger partial charge in [-0.2, -0.15) is 0 Å². The molecule has 0 radical (unpaired) electrons. The van der Waals surface area contributed by atoms with E-state index in [0.717, 1.165) is 0 Å². The van der Waals surface area contributed by atoms with Gasteiger partial charge in [0.15, 0.2) is 0 Å². The average molecular weight is 566 g/mol. The zero-order valence-corrected chi connectivity index (χ0v) is 20.4. The number of carbonyl (C=O) groups excluding carboxylic acids is 2. The molecule has 0 bridgehead atoms. The van der Waals surface area contributed by atoms with Gasteiger partial charge in [0, 0.05) is 0 Å². The highest BCUT2D eigenvalue weighted by atomic mass is 19.0. The summed E-state index contributed by atoms with van der Waals surface area (Å²) < 4.78 is 0. The van der Waals surface area contributed by atoms with Crippen LogP contribution in [0.5, 0.6) is 0 Å². The maximum absolute atomic E-state index is 10.5. The summed E-state index contributed by atoms with van der Waals surface area (Å²) in [6.07, 6.45) is 0. The number of ketones is 2. The first kappa shape index (κ1) is 114. The fourth-order valence-electron chi connectivity index (χ4n) is 0.690. The van der Waals surface area contributed by atoms with Gasteiger partial charge >= 0.3 is 5.97 Å². The maximum atomic E-state index is 10.5. The van der Waals surface area contributed by atoms with E-state index in [0.29, 0.717) is 0 Å².